The Hall–Kier alpha value is -3.93. The van der Waals surface area contributed by atoms with Gasteiger partial charge in [-0.3, -0.25) is 14.4 Å². The fourth-order valence-corrected chi connectivity index (χ4v) is 2.63. The summed E-state index contributed by atoms with van der Waals surface area (Å²) in [5, 5.41) is 5.22. The smallest absolute Gasteiger partial charge is 0.251 e. The molecular formula is C22H19N3O3. The van der Waals surface area contributed by atoms with Gasteiger partial charge in [-0.2, -0.15) is 0 Å². The molecule has 0 atom stereocenters. The van der Waals surface area contributed by atoms with Crippen molar-refractivity contribution in [1.82, 2.24) is 5.32 Å². The van der Waals surface area contributed by atoms with E-state index in [2.05, 4.69) is 10.6 Å². The minimum atomic E-state index is -0.538. The summed E-state index contributed by atoms with van der Waals surface area (Å²) in [6.45, 7) is -0.170. The van der Waals surface area contributed by atoms with Crippen LogP contribution in [0.25, 0.3) is 11.1 Å². The Kier molecular flexibility index (Phi) is 5.81. The van der Waals surface area contributed by atoms with Crippen molar-refractivity contribution in [2.45, 2.75) is 0 Å². The average Bonchev–Trinajstić information content (AvgIpc) is 2.73. The van der Waals surface area contributed by atoms with Crippen molar-refractivity contribution >= 4 is 23.4 Å². The second kappa shape index (κ2) is 8.64. The molecule has 0 unspecified atom stereocenters. The van der Waals surface area contributed by atoms with Crippen molar-refractivity contribution in [3.63, 3.8) is 0 Å². The number of carbonyl (C=O) groups is 3. The zero-order valence-corrected chi connectivity index (χ0v) is 15.0. The molecule has 0 bridgehead atoms. The minimum absolute atomic E-state index is 0.170. The fraction of sp³-hybridized carbons (Fsp3) is 0.0455. The van der Waals surface area contributed by atoms with E-state index >= 15 is 0 Å². The van der Waals surface area contributed by atoms with E-state index in [0.29, 0.717) is 16.8 Å². The van der Waals surface area contributed by atoms with Crippen LogP contribution in [0.2, 0.25) is 0 Å². The lowest BCUT2D eigenvalue weighted by molar-refractivity contribution is -0.115. The molecule has 3 amide bonds. The van der Waals surface area contributed by atoms with E-state index < -0.39 is 5.91 Å². The van der Waals surface area contributed by atoms with Crippen LogP contribution < -0.4 is 16.4 Å². The molecule has 0 saturated heterocycles. The molecule has 28 heavy (non-hydrogen) atoms. The molecule has 6 heteroatoms. The highest BCUT2D eigenvalue weighted by Gasteiger charge is 2.09. The van der Waals surface area contributed by atoms with Gasteiger partial charge in [-0.05, 0) is 47.5 Å². The van der Waals surface area contributed by atoms with Crippen LogP contribution in [0, 0.1) is 0 Å². The molecule has 0 heterocycles. The summed E-state index contributed by atoms with van der Waals surface area (Å²) in [6, 6.07) is 23.2. The first-order chi connectivity index (χ1) is 13.5. The topological polar surface area (TPSA) is 101 Å². The van der Waals surface area contributed by atoms with Crippen LogP contribution in [0.4, 0.5) is 5.69 Å². The molecule has 0 aliphatic carbocycles. The van der Waals surface area contributed by atoms with Crippen LogP contribution in [-0.2, 0) is 4.79 Å². The molecule has 0 aromatic heterocycles. The Labute approximate surface area is 162 Å². The molecule has 4 N–H and O–H groups in total. The van der Waals surface area contributed by atoms with Crippen molar-refractivity contribution in [3.8, 4) is 11.1 Å². The van der Waals surface area contributed by atoms with Crippen molar-refractivity contribution < 1.29 is 14.4 Å². The third-order valence-corrected chi connectivity index (χ3v) is 4.12. The summed E-state index contributed by atoms with van der Waals surface area (Å²) in [5.74, 6) is -1.25. The minimum Gasteiger partial charge on any atom is -0.366 e. The summed E-state index contributed by atoms with van der Waals surface area (Å²) in [4.78, 5) is 35.3. The quantitative estimate of drug-likeness (QED) is 0.619. The van der Waals surface area contributed by atoms with Crippen molar-refractivity contribution in [3.05, 3.63) is 90.0 Å². The number of carbonyl (C=O) groups excluding carboxylic acids is 3. The summed E-state index contributed by atoms with van der Waals surface area (Å²) in [6.07, 6.45) is 0. The number of primary amides is 1. The lowest BCUT2D eigenvalue weighted by Crippen LogP contribution is -2.32. The first-order valence-electron chi connectivity index (χ1n) is 8.66. The van der Waals surface area contributed by atoms with E-state index in [1.807, 2.05) is 42.5 Å². The van der Waals surface area contributed by atoms with Gasteiger partial charge in [0, 0.05) is 16.8 Å². The maximum atomic E-state index is 12.2. The first kappa shape index (κ1) is 18.8. The van der Waals surface area contributed by atoms with Crippen LogP contribution in [0.15, 0.2) is 78.9 Å². The molecule has 140 valence electrons. The van der Waals surface area contributed by atoms with E-state index in [9.17, 15) is 14.4 Å². The summed E-state index contributed by atoms with van der Waals surface area (Å²) in [7, 11) is 0. The van der Waals surface area contributed by atoms with Gasteiger partial charge < -0.3 is 16.4 Å². The van der Waals surface area contributed by atoms with Crippen molar-refractivity contribution in [2.75, 3.05) is 11.9 Å². The number of anilines is 1. The number of nitrogens with one attached hydrogen (secondary N) is 2. The monoisotopic (exact) mass is 373 g/mol. The predicted octanol–water partition coefficient (Wildman–Crippen LogP) is 2.82. The average molecular weight is 373 g/mol. The molecule has 3 rings (SSSR count). The largest absolute Gasteiger partial charge is 0.366 e. The number of benzene rings is 3. The molecule has 3 aromatic rings. The summed E-state index contributed by atoms with van der Waals surface area (Å²) < 4.78 is 0. The maximum Gasteiger partial charge on any atom is 0.251 e. The summed E-state index contributed by atoms with van der Waals surface area (Å²) >= 11 is 0. The van der Waals surface area contributed by atoms with Crippen molar-refractivity contribution in [1.29, 1.82) is 0 Å². The van der Waals surface area contributed by atoms with E-state index in [0.717, 1.165) is 11.1 Å². The Bertz CT molecular complexity index is 982. The van der Waals surface area contributed by atoms with E-state index in [1.165, 1.54) is 12.1 Å². The van der Waals surface area contributed by atoms with E-state index in [4.69, 9.17) is 5.73 Å². The lowest BCUT2D eigenvalue weighted by Gasteiger charge is -2.08. The van der Waals surface area contributed by atoms with Gasteiger partial charge >= 0.3 is 0 Å². The molecule has 0 saturated carbocycles. The highest BCUT2D eigenvalue weighted by Crippen LogP contribution is 2.19. The Morgan fingerprint density at radius 3 is 1.89 bits per heavy atom. The fourth-order valence-electron chi connectivity index (χ4n) is 2.63. The standard InChI is InChI=1S/C22H19N3O3/c23-21(27)17-10-12-19(13-11-17)25-20(26)14-24-22(28)18-8-6-16(7-9-18)15-4-2-1-3-5-15/h1-13H,14H2,(H2,23,27)(H,24,28)(H,25,26). The first-order valence-corrected chi connectivity index (χ1v) is 8.66. The molecule has 6 nitrogen and oxygen atoms in total. The number of hydrogen-bond acceptors (Lipinski definition) is 3. The Morgan fingerprint density at radius 1 is 0.714 bits per heavy atom. The molecule has 0 fully saturated rings. The van der Waals surface area contributed by atoms with Gasteiger partial charge in [-0.15, -0.1) is 0 Å². The lowest BCUT2D eigenvalue weighted by atomic mass is 10.0. The van der Waals surface area contributed by atoms with Gasteiger partial charge in [0.25, 0.3) is 5.91 Å². The zero-order chi connectivity index (χ0) is 19.9. The van der Waals surface area contributed by atoms with Gasteiger partial charge in [0.2, 0.25) is 11.8 Å². The van der Waals surface area contributed by atoms with Gasteiger partial charge in [-0.25, -0.2) is 0 Å². The van der Waals surface area contributed by atoms with E-state index in [-0.39, 0.29) is 18.4 Å². The second-order valence-corrected chi connectivity index (χ2v) is 6.12. The predicted molar refractivity (Wildman–Crippen MR) is 108 cm³/mol. The summed E-state index contributed by atoms with van der Waals surface area (Å²) in [5.41, 5.74) is 8.58. The van der Waals surface area contributed by atoms with Gasteiger partial charge in [0.05, 0.1) is 6.54 Å². The van der Waals surface area contributed by atoms with Gasteiger partial charge in [0.15, 0.2) is 0 Å². The zero-order valence-electron chi connectivity index (χ0n) is 15.0. The molecule has 0 radical (unpaired) electrons. The van der Waals surface area contributed by atoms with Crippen LogP contribution in [0.1, 0.15) is 20.7 Å². The van der Waals surface area contributed by atoms with Crippen LogP contribution >= 0.6 is 0 Å². The number of rotatable bonds is 6. The second-order valence-electron chi connectivity index (χ2n) is 6.12. The van der Waals surface area contributed by atoms with Crippen LogP contribution in [0.3, 0.4) is 0 Å². The molecule has 3 aromatic carbocycles. The molecule has 0 aliphatic rings. The highest BCUT2D eigenvalue weighted by molar-refractivity contribution is 6.00. The van der Waals surface area contributed by atoms with Crippen LogP contribution in [-0.4, -0.2) is 24.3 Å². The maximum absolute atomic E-state index is 12.2. The number of nitrogens with two attached hydrogens (primary N) is 1. The van der Waals surface area contributed by atoms with Gasteiger partial charge in [0.1, 0.15) is 0 Å². The normalized spacial score (nSPS) is 10.1. The highest BCUT2D eigenvalue weighted by atomic mass is 16.2. The molecule has 0 spiro atoms. The third-order valence-electron chi connectivity index (χ3n) is 4.12. The number of amides is 3. The van der Waals surface area contributed by atoms with Crippen LogP contribution in [0.5, 0.6) is 0 Å². The van der Waals surface area contributed by atoms with Crippen molar-refractivity contribution in [2.24, 2.45) is 5.73 Å². The third kappa shape index (κ3) is 4.82. The Balaban J connectivity index is 1.53. The Morgan fingerprint density at radius 2 is 1.29 bits per heavy atom. The molecule has 0 aliphatic heterocycles. The SMILES string of the molecule is NC(=O)c1ccc(NC(=O)CNC(=O)c2ccc(-c3ccccc3)cc2)cc1. The van der Waals surface area contributed by atoms with E-state index in [1.54, 1.807) is 24.3 Å². The van der Waals surface area contributed by atoms with Gasteiger partial charge in [-0.1, -0.05) is 42.5 Å². The molecular weight excluding hydrogens is 354 g/mol. The number of hydrogen-bond donors (Lipinski definition) is 3.